The van der Waals surface area contributed by atoms with E-state index in [1.165, 1.54) is 30.5 Å². The van der Waals surface area contributed by atoms with Crippen LogP contribution in [0.5, 0.6) is 0 Å². The largest absolute Gasteiger partial charge is 0.338 e. The van der Waals surface area contributed by atoms with Crippen molar-refractivity contribution in [3.63, 3.8) is 0 Å². The number of halogens is 1. The molecule has 5 rings (SSSR count). The number of piperazine rings is 1. The van der Waals surface area contributed by atoms with Gasteiger partial charge in [0, 0.05) is 26.2 Å². The van der Waals surface area contributed by atoms with Gasteiger partial charge in [-0.2, -0.15) is 15.0 Å². The molecule has 30 heavy (non-hydrogen) atoms. The Morgan fingerprint density at radius 1 is 1.10 bits per heavy atom. The van der Waals surface area contributed by atoms with Crippen molar-refractivity contribution in [3.05, 3.63) is 53.1 Å². The summed E-state index contributed by atoms with van der Waals surface area (Å²) < 4.78 is 13.5. The Balaban J connectivity index is 1.41. The molecular weight excluding hydrogens is 381 g/mol. The average molecular weight is 405 g/mol. The Labute approximate surface area is 174 Å². The van der Waals surface area contributed by atoms with Gasteiger partial charge in [0.1, 0.15) is 11.7 Å². The van der Waals surface area contributed by atoms with Crippen molar-refractivity contribution in [2.45, 2.75) is 12.8 Å². The molecule has 1 saturated heterocycles. The van der Waals surface area contributed by atoms with E-state index in [4.69, 9.17) is 0 Å². The minimum Gasteiger partial charge on any atom is -0.338 e. The summed E-state index contributed by atoms with van der Waals surface area (Å²) in [4.78, 5) is 20.5. The molecule has 8 heteroatoms. The van der Waals surface area contributed by atoms with Gasteiger partial charge in [-0.05, 0) is 54.2 Å². The molecule has 0 spiro atoms. The summed E-state index contributed by atoms with van der Waals surface area (Å²) >= 11 is 0. The van der Waals surface area contributed by atoms with Crippen molar-refractivity contribution in [1.29, 1.82) is 0 Å². The standard InChI is InChI=1S/C22H24FN7/c23-18-3-1-2-15(12-18)4-7-19-26-21(27-20-13-17(14-25-20)16-5-6-16)29-22(28-19)30-10-8-24-9-11-30/h1-4,7,12-13,16,24H,5-6,8-11,14H2,(H,25,26,27,28,29)/b7-4+. The van der Waals surface area contributed by atoms with Crippen molar-refractivity contribution in [1.82, 2.24) is 20.3 Å². The predicted molar refractivity (Wildman–Crippen MR) is 117 cm³/mol. The van der Waals surface area contributed by atoms with Gasteiger partial charge in [0.2, 0.25) is 11.9 Å². The lowest BCUT2D eigenvalue weighted by atomic mass is 10.2. The van der Waals surface area contributed by atoms with E-state index in [0.29, 0.717) is 23.6 Å². The number of hydrogen-bond donors (Lipinski definition) is 2. The van der Waals surface area contributed by atoms with Gasteiger partial charge in [0.15, 0.2) is 5.82 Å². The second kappa shape index (κ2) is 8.31. The van der Waals surface area contributed by atoms with E-state index in [1.807, 2.05) is 12.1 Å². The van der Waals surface area contributed by atoms with Crippen molar-refractivity contribution < 1.29 is 4.39 Å². The third-order valence-electron chi connectivity index (χ3n) is 5.41. The zero-order chi connectivity index (χ0) is 20.3. The van der Waals surface area contributed by atoms with Crippen LogP contribution in [-0.4, -0.2) is 53.5 Å². The van der Waals surface area contributed by atoms with Crippen molar-refractivity contribution in [2.75, 3.05) is 42.9 Å². The fourth-order valence-corrected chi connectivity index (χ4v) is 3.63. The molecule has 0 radical (unpaired) electrons. The maximum atomic E-state index is 13.5. The lowest BCUT2D eigenvalue weighted by molar-refractivity contribution is 0.579. The third-order valence-corrected chi connectivity index (χ3v) is 5.41. The Hall–Kier alpha value is -3.13. The van der Waals surface area contributed by atoms with Gasteiger partial charge < -0.3 is 15.5 Å². The molecule has 2 N–H and O–H groups in total. The van der Waals surface area contributed by atoms with Crippen LogP contribution in [0.1, 0.15) is 24.2 Å². The second-order valence-electron chi connectivity index (χ2n) is 7.76. The van der Waals surface area contributed by atoms with Crippen LogP contribution in [0, 0.1) is 11.7 Å². The highest BCUT2D eigenvalue weighted by Gasteiger charge is 2.28. The fourth-order valence-electron chi connectivity index (χ4n) is 3.63. The van der Waals surface area contributed by atoms with E-state index >= 15 is 0 Å². The lowest BCUT2D eigenvalue weighted by Gasteiger charge is -2.27. The molecular formula is C22H24FN7. The predicted octanol–water partition coefficient (Wildman–Crippen LogP) is 2.75. The molecule has 2 fully saturated rings. The molecule has 0 atom stereocenters. The van der Waals surface area contributed by atoms with E-state index in [1.54, 1.807) is 12.1 Å². The monoisotopic (exact) mass is 405 g/mol. The van der Waals surface area contributed by atoms with E-state index in [9.17, 15) is 4.39 Å². The molecule has 0 unspecified atom stereocenters. The number of aliphatic imine (C=N–C) groups is 1. The molecule has 0 bridgehead atoms. The maximum absolute atomic E-state index is 13.5. The molecule has 1 aromatic heterocycles. The van der Waals surface area contributed by atoms with Crippen LogP contribution in [0.15, 0.2) is 40.9 Å². The van der Waals surface area contributed by atoms with Gasteiger partial charge in [-0.25, -0.2) is 4.39 Å². The molecule has 1 saturated carbocycles. The minimum atomic E-state index is -0.269. The van der Waals surface area contributed by atoms with E-state index < -0.39 is 0 Å². The Morgan fingerprint density at radius 2 is 1.97 bits per heavy atom. The summed E-state index contributed by atoms with van der Waals surface area (Å²) in [6.45, 7) is 4.22. The molecule has 1 aromatic carbocycles. The summed E-state index contributed by atoms with van der Waals surface area (Å²) in [5.74, 6) is 2.87. The molecule has 2 aliphatic heterocycles. The molecule has 154 valence electrons. The van der Waals surface area contributed by atoms with Gasteiger partial charge >= 0.3 is 0 Å². The number of nitrogens with zero attached hydrogens (tertiary/aromatic N) is 5. The van der Waals surface area contributed by atoms with Crippen LogP contribution >= 0.6 is 0 Å². The summed E-state index contributed by atoms with van der Waals surface area (Å²) in [6, 6.07) is 6.43. The maximum Gasteiger partial charge on any atom is 0.233 e. The summed E-state index contributed by atoms with van der Waals surface area (Å²) in [5, 5.41) is 6.60. The minimum absolute atomic E-state index is 0.269. The highest BCUT2D eigenvalue weighted by atomic mass is 19.1. The summed E-state index contributed by atoms with van der Waals surface area (Å²) in [7, 11) is 0. The van der Waals surface area contributed by atoms with Gasteiger partial charge in [-0.1, -0.05) is 18.2 Å². The average Bonchev–Trinajstić information content (AvgIpc) is 3.52. The number of nitrogens with one attached hydrogen (secondary N) is 2. The SMILES string of the molecule is Fc1cccc(/C=C/c2nc(NC3=NCC(C4CC4)=C3)nc(N3CCNCC3)n2)c1. The van der Waals surface area contributed by atoms with Crippen molar-refractivity contribution in [2.24, 2.45) is 10.9 Å². The topological polar surface area (TPSA) is 78.3 Å². The van der Waals surface area contributed by atoms with Crippen LogP contribution in [0.4, 0.5) is 16.3 Å². The summed E-state index contributed by atoms with van der Waals surface area (Å²) in [6.07, 6.45) is 8.25. The Morgan fingerprint density at radius 3 is 2.77 bits per heavy atom. The van der Waals surface area contributed by atoms with E-state index in [2.05, 4.69) is 41.6 Å². The van der Waals surface area contributed by atoms with Gasteiger partial charge in [0.05, 0.1) is 6.54 Å². The normalized spacial score (nSPS) is 19.2. The number of anilines is 2. The first kappa shape index (κ1) is 18.9. The highest BCUT2D eigenvalue weighted by molar-refractivity contribution is 6.05. The van der Waals surface area contributed by atoms with Gasteiger partial charge in [-0.3, -0.25) is 4.99 Å². The molecule has 2 aromatic rings. The van der Waals surface area contributed by atoms with Crippen LogP contribution in [0.25, 0.3) is 12.2 Å². The summed E-state index contributed by atoms with van der Waals surface area (Å²) in [5.41, 5.74) is 2.14. The first-order valence-electron chi connectivity index (χ1n) is 10.4. The first-order valence-corrected chi connectivity index (χ1v) is 10.4. The molecule has 3 aliphatic rings. The van der Waals surface area contributed by atoms with Crippen molar-refractivity contribution >= 4 is 29.9 Å². The molecule has 1 aliphatic carbocycles. The molecule has 7 nitrogen and oxygen atoms in total. The van der Waals surface area contributed by atoms with Gasteiger partial charge in [0.25, 0.3) is 0 Å². The number of benzene rings is 1. The number of rotatable bonds is 5. The van der Waals surface area contributed by atoms with Gasteiger partial charge in [-0.15, -0.1) is 0 Å². The Kier molecular flexibility index (Phi) is 5.23. The van der Waals surface area contributed by atoms with Crippen LogP contribution in [0.2, 0.25) is 0 Å². The molecule has 0 amide bonds. The van der Waals surface area contributed by atoms with Crippen molar-refractivity contribution in [3.8, 4) is 0 Å². The highest BCUT2D eigenvalue weighted by Crippen LogP contribution is 2.37. The van der Waals surface area contributed by atoms with Crippen LogP contribution in [0.3, 0.4) is 0 Å². The third kappa shape index (κ3) is 4.54. The quantitative estimate of drug-likeness (QED) is 0.797. The van der Waals surface area contributed by atoms with E-state index in [-0.39, 0.29) is 5.82 Å². The zero-order valence-corrected chi connectivity index (χ0v) is 16.7. The zero-order valence-electron chi connectivity index (χ0n) is 16.7. The Bertz CT molecular complexity index is 1020. The number of aromatic nitrogens is 3. The lowest BCUT2D eigenvalue weighted by Crippen LogP contribution is -2.44. The smallest absolute Gasteiger partial charge is 0.233 e. The number of hydrogen-bond acceptors (Lipinski definition) is 7. The number of amidine groups is 1. The first-order chi connectivity index (χ1) is 14.7. The van der Waals surface area contributed by atoms with Crippen LogP contribution < -0.4 is 15.5 Å². The second-order valence-corrected chi connectivity index (χ2v) is 7.76. The van der Waals surface area contributed by atoms with E-state index in [0.717, 1.165) is 44.1 Å². The fraction of sp³-hybridized carbons (Fsp3) is 0.364. The molecule has 3 heterocycles. The van der Waals surface area contributed by atoms with Crippen LogP contribution in [-0.2, 0) is 0 Å².